The van der Waals surface area contributed by atoms with Crippen molar-refractivity contribution in [1.82, 2.24) is 20.0 Å². The van der Waals surface area contributed by atoms with E-state index in [1.54, 1.807) is 0 Å². The van der Waals surface area contributed by atoms with Gasteiger partial charge in [-0.25, -0.2) is 0 Å². The second-order valence-corrected chi connectivity index (χ2v) is 9.93. The standard InChI is InChI=1S/C26H43N5/c1-3-27-26(28-15-11-22-12-17-29(2)18-13-22)31-19-14-25-24(21-31)10-7-16-30(25)20-23-8-5-4-6-9-23/h4-6,8-9,22,24-25H,3,7,10-21H2,1-2H3,(H,27,28). The normalized spacial score (nSPS) is 26.6. The van der Waals surface area contributed by atoms with Crippen LogP contribution in [0.1, 0.15) is 51.0 Å². The second-order valence-electron chi connectivity index (χ2n) is 9.93. The van der Waals surface area contributed by atoms with E-state index in [-0.39, 0.29) is 0 Å². The molecule has 3 saturated heterocycles. The molecule has 1 aromatic rings. The van der Waals surface area contributed by atoms with Gasteiger partial charge in [0.15, 0.2) is 5.96 Å². The van der Waals surface area contributed by atoms with E-state index < -0.39 is 0 Å². The molecule has 3 heterocycles. The third kappa shape index (κ3) is 6.23. The van der Waals surface area contributed by atoms with Crippen molar-refractivity contribution in [1.29, 1.82) is 0 Å². The molecule has 0 radical (unpaired) electrons. The Morgan fingerprint density at radius 1 is 1.03 bits per heavy atom. The topological polar surface area (TPSA) is 34.1 Å². The largest absolute Gasteiger partial charge is 0.357 e. The molecule has 3 fully saturated rings. The number of nitrogens with zero attached hydrogens (tertiary/aromatic N) is 4. The molecule has 3 aliphatic heterocycles. The van der Waals surface area contributed by atoms with E-state index in [1.165, 1.54) is 63.7 Å². The maximum Gasteiger partial charge on any atom is 0.193 e. The van der Waals surface area contributed by atoms with E-state index in [9.17, 15) is 0 Å². The lowest BCUT2D eigenvalue weighted by atomic mass is 9.83. The molecule has 172 valence electrons. The van der Waals surface area contributed by atoms with E-state index in [0.29, 0.717) is 0 Å². The summed E-state index contributed by atoms with van der Waals surface area (Å²) in [5.41, 5.74) is 1.45. The molecule has 2 unspecified atom stereocenters. The average molecular weight is 426 g/mol. The summed E-state index contributed by atoms with van der Waals surface area (Å²) in [6.07, 6.45) is 7.87. The van der Waals surface area contributed by atoms with E-state index in [0.717, 1.165) is 56.6 Å². The number of nitrogens with one attached hydrogen (secondary N) is 1. The summed E-state index contributed by atoms with van der Waals surface area (Å²) in [7, 11) is 2.24. The summed E-state index contributed by atoms with van der Waals surface area (Å²) in [6, 6.07) is 11.7. The number of guanidine groups is 1. The van der Waals surface area contributed by atoms with Crippen molar-refractivity contribution in [2.24, 2.45) is 16.8 Å². The highest BCUT2D eigenvalue weighted by atomic mass is 15.3. The first-order chi connectivity index (χ1) is 15.2. The van der Waals surface area contributed by atoms with Gasteiger partial charge in [-0.05, 0) is 89.5 Å². The molecular weight excluding hydrogens is 382 g/mol. The Balaban J connectivity index is 1.32. The highest BCUT2D eigenvalue weighted by Gasteiger charge is 2.36. The Hall–Kier alpha value is -1.59. The van der Waals surface area contributed by atoms with Gasteiger partial charge in [-0.3, -0.25) is 9.89 Å². The molecule has 5 heteroatoms. The van der Waals surface area contributed by atoms with Crippen molar-refractivity contribution < 1.29 is 0 Å². The van der Waals surface area contributed by atoms with Gasteiger partial charge in [-0.1, -0.05) is 30.3 Å². The monoisotopic (exact) mass is 425 g/mol. The molecule has 0 bridgehead atoms. The first-order valence-corrected chi connectivity index (χ1v) is 12.7. The summed E-state index contributed by atoms with van der Waals surface area (Å²) >= 11 is 0. The first kappa shape index (κ1) is 22.6. The van der Waals surface area contributed by atoms with E-state index in [1.807, 2.05) is 0 Å². The molecule has 31 heavy (non-hydrogen) atoms. The van der Waals surface area contributed by atoms with Crippen molar-refractivity contribution in [2.75, 3.05) is 52.9 Å². The minimum absolute atomic E-state index is 0.729. The van der Waals surface area contributed by atoms with Crippen LogP contribution >= 0.6 is 0 Å². The fourth-order valence-corrected chi connectivity index (χ4v) is 5.84. The van der Waals surface area contributed by atoms with Crippen molar-refractivity contribution in [3.05, 3.63) is 35.9 Å². The Morgan fingerprint density at radius 3 is 2.61 bits per heavy atom. The molecule has 3 aliphatic rings. The molecule has 4 rings (SSSR count). The van der Waals surface area contributed by atoms with E-state index in [4.69, 9.17) is 4.99 Å². The zero-order chi connectivity index (χ0) is 21.5. The van der Waals surface area contributed by atoms with E-state index in [2.05, 4.69) is 64.3 Å². The molecule has 0 spiro atoms. The summed E-state index contributed by atoms with van der Waals surface area (Å²) in [6.45, 7) is 11.3. The molecule has 1 aromatic carbocycles. The number of aliphatic imine (C=N–C) groups is 1. The summed E-state index contributed by atoms with van der Waals surface area (Å²) in [5.74, 6) is 2.79. The van der Waals surface area contributed by atoms with Gasteiger partial charge in [0.25, 0.3) is 0 Å². The zero-order valence-electron chi connectivity index (χ0n) is 19.8. The van der Waals surface area contributed by atoms with Crippen LogP contribution in [0.3, 0.4) is 0 Å². The SMILES string of the molecule is CCNC(=NCCC1CCN(C)CC1)N1CCC2C(CCCN2Cc2ccccc2)C1. The van der Waals surface area contributed by atoms with E-state index >= 15 is 0 Å². The van der Waals surface area contributed by atoms with Gasteiger partial charge in [0, 0.05) is 38.8 Å². The third-order valence-electron chi connectivity index (χ3n) is 7.68. The average Bonchev–Trinajstić information content (AvgIpc) is 2.80. The Morgan fingerprint density at radius 2 is 1.84 bits per heavy atom. The number of likely N-dealkylation sites (tertiary alicyclic amines) is 3. The van der Waals surface area contributed by atoms with Gasteiger partial charge < -0.3 is 15.1 Å². The van der Waals surface area contributed by atoms with Gasteiger partial charge in [-0.15, -0.1) is 0 Å². The predicted octanol–water partition coefficient (Wildman–Crippen LogP) is 3.67. The van der Waals surface area contributed by atoms with Crippen molar-refractivity contribution in [3.63, 3.8) is 0 Å². The number of benzene rings is 1. The first-order valence-electron chi connectivity index (χ1n) is 12.7. The highest BCUT2D eigenvalue weighted by Crippen LogP contribution is 2.31. The lowest BCUT2D eigenvalue weighted by Crippen LogP contribution is -2.56. The quantitative estimate of drug-likeness (QED) is 0.557. The Labute approximate surface area is 189 Å². The van der Waals surface area contributed by atoms with Crippen LogP contribution in [0.2, 0.25) is 0 Å². The second kappa shape index (κ2) is 11.3. The number of fused-ring (bicyclic) bond motifs is 1. The van der Waals surface area contributed by atoms with Crippen LogP contribution in [0.15, 0.2) is 35.3 Å². The van der Waals surface area contributed by atoms with Crippen LogP contribution in [0, 0.1) is 11.8 Å². The predicted molar refractivity (Wildman–Crippen MR) is 130 cm³/mol. The molecule has 2 atom stereocenters. The van der Waals surface area contributed by atoms with Gasteiger partial charge in [0.1, 0.15) is 0 Å². The summed E-state index contributed by atoms with van der Waals surface area (Å²) in [5, 5.41) is 3.60. The third-order valence-corrected chi connectivity index (χ3v) is 7.68. The molecule has 0 saturated carbocycles. The molecule has 0 amide bonds. The van der Waals surface area contributed by atoms with Crippen LogP contribution in [0.5, 0.6) is 0 Å². The van der Waals surface area contributed by atoms with Crippen LogP contribution in [0.4, 0.5) is 0 Å². The Kier molecular flexibility index (Phi) is 8.26. The van der Waals surface area contributed by atoms with Gasteiger partial charge >= 0.3 is 0 Å². The van der Waals surface area contributed by atoms with Crippen LogP contribution in [0.25, 0.3) is 0 Å². The number of hydrogen-bond acceptors (Lipinski definition) is 3. The molecule has 5 nitrogen and oxygen atoms in total. The maximum atomic E-state index is 5.08. The fourth-order valence-electron chi connectivity index (χ4n) is 5.84. The number of rotatable bonds is 6. The number of piperidine rings is 3. The highest BCUT2D eigenvalue weighted by molar-refractivity contribution is 5.80. The molecule has 0 aliphatic carbocycles. The minimum atomic E-state index is 0.729. The van der Waals surface area contributed by atoms with Crippen molar-refractivity contribution in [2.45, 2.75) is 58.0 Å². The van der Waals surface area contributed by atoms with Crippen molar-refractivity contribution in [3.8, 4) is 0 Å². The fraction of sp³-hybridized carbons (Fsp3) is 0.731. The molecule has 0 aromatic heterocycles. The van der Waals surface area contributed by atoms with Crippen LogP contribution in [-0.2, 0) is 6.54 Å². The smallest absolute Gasteiger partial charge is 0.193 e. The summed E-state index contributed by atoms with van der Waals surface area (Å²) < 4.78 is 0. The zero-order valence-corrected chi connectivity index (χ0v) is 19.8. The maximum absolute atomic E-state index is 5.08. The van der Waals surface area contributed by atoms with Crippen molar-refractivity contribution >= 4 is 5.96 Å². The molecule has 1 N–H and O–H groups in total. The number of hydrogen-bond donors (Lipinski definition) is 1. The van der Waals surface area contributed by atoms with Gasteiger partial charge in [0.05, 0.1) is 0 Å². The van der Waals surface area contributed by atoms with Gasteiger partial charge in [-0.2, -0.15) is 0 Å². The summed E-state index contributed by atoms with van der Waals surface area (Å²) in [4.78, 5) is 12.9. The van der Waals surface area contributed by atoms with Crippen LogP contribution < -0.4 is 5.32 Å². The minimum Gasteiger partial charge on any atom is -0.357 e. The van der Waals surface area contributed by atoms with Crippen LogP contribution in [-0.4, -0.2) is 79.6 Å². The lowest BCUT2D eigenvalue weighted by Gasteiger charge is -2.48. The lowest BCUT2D eigenvalue weighted by molar-refractivity contribution is 0.0372. The Bertz CT molecular complexity index is 682. The van der Waals surface area contributed by atoms with Gasteiger partial charge in [0.2, 0.25) is 0 Å². The molecular formula is C26H43N5.